The minimum absolute atomic E-state index is 0.327. The van der Waals surface area contributed by atoms with E-state index in [2.05, 4.69) is 90.2 Å². The maximum atomic E-state index is 6.42. The number of anilines is 2. The van der Waals surface area contributed by atoms with Crippen molar-refractivity contribution in [2.75, 3.05) is 36.0 Å². The highest BCUT2D eigenvalue weighted by Crippen LogP contribution is 2.43. The number of piperazine rings is 1. The van der Waals surface area contributed by atoms with Crippen LogP contribution < -0.4 is 9.80 Å². The Kier molecular flexibility index (Phi) is 6.26. The molecule has 4 nitrogen and oxygen atoms in total. The Bertz CT molecular complexity index is 1240. The zero-order valence-corrected chi connectivity index (χ0v) is 21.0. The monoisotopic (exact) mass is 476 g/mol. The maximum Gasteiger partial charge on any atom is 0.225 e. The fraction of sp³-hybridized carbons (Fsp3) is 0.333. The first kappa shape index (κ1) is 22.2. The summed E-state index contributed by atoms with van der Waals surface area (Å²) in [7, 11) is 0. The molecule has 0 amide bonds. The molecule has 1 fully saturated rings. The van der Waals surface area contributed by atoms with Crippen LogP contribution in [0.1, 0.15) is 37.1 Å². The van der Waals surface area contributed by atoms with E-state index in [4.69, 9.17) is 16.6 Å². The van der Waals surface area contributed by atoms with Crippen LogP contribution in [0.5, 0.6) is 0 Å². The van der Waals surface area contributed by atoms with Gasteiger partial charge in [-0.25, -0.2) is 4.98 Å². The number of hydrogen-bond donors (Lipinski definition) is 0. The van der Waals surface area contributed by atoms with Crippen molar-refractivity contribution in [1.29, 1.82) is 0 Å². The molecule has 4 aromatic rings. The van der Waals surface area contributed by atoms with E-state index in [1.165, 1.54) is 27.3 Å². The number of hydrogen-bond acceptors (Lipinski definition) is 5. The highest BCUT2D eigenvalue weighted by Gasteiger charge is 2.25. The summed E-state index contributed by atoms with van der Waals surface area (Å²) in [6, 6.07) is 19.6. The zero-order chi connectivity index (χ0) is 22.9. The summed E-state index contributed by atoms with van der Waals surface area (Å²) >= 11 is 8.17. The number of rotatable bonds is 5. The van der Waals surface area contributed by atoms with Gasteiger partial charge in [-0.3, -0.25) is 0 Å². The summed E-state index contributed by atoms with van der Waals surface area (Å²) in [5, 5.41) is 1.47. The van der Waals surface area contributed by atoms with E-state index in [-0.39, 0.29) is 0 Å². The number of halogens is 1. The van der Waals surface area contributed by atoms with Crippen LogP contribution in [-0.2, 0) is 6.42 Å². The third-order valence-electron chi connectivity index (χ3n) is 6.47. The highest BCUT2D eigenvalue weighted by molar-refractivity contribution is 7.19. The van der Waals surface area contributed by atoms with E-state index in [9.17, 15) is 0 Å². The molecule has 0 spiro atoms. The third-order valence-corrected chi connectivity index (χ3v) is 7.86. The molecule has 0 radical (unpaired) electrons. The van der Waals surface area contributed by atoms with Crippen LogP contribution in [0.15, 0.2) is 54.6 Å². The second-order valence-corrected chi connectivity index (χ2v) is 10.3. The Labute approximate surface area is 204 Å². The molecule has 3 heterocycles. The molecule has 0 atom stereocenters. The van der Waals surface area contributed by atoms with Gasteiger partial charge in [0.1, 0.15) is 10.6 Å². The van der Waals surface area contributed by atoms with Gasteiger partial charge in [-0.05, 0) is 47.2 Å². The van der Waals surface area contributed by atoms with E-state index in [1.807, 2.05) is 0 Å². The van der Waals surface area contributed by atoms with Gasteiger partial charge >= 0.3 is 0 Å². The Morgan fingerprint density at radius 3 is 2.21 bits per heavy atom. The topological polar surface area (TPSA) is 32.3 Å². The number of benzene rings is 2. The van der Waals surface area contributed by atoms with Gasteiger partial charge in [-0.2, -0.15) is 4.98 Å². The molecule has 2 aromatic heterocycles. The maximum absolute atomic E-state index is 6.42. The number of para-hydroxylation sites is 1. The molecule has 2 aromatic carbocycles. The Hall–Kier alpha value is -2.63. The lowest BCUT2D eigenvalue weighted by molar-refractivity contribution is 0.649. The van der Waals surface area contributed by atoms with Gasteiger partial charge < -0.3 is 9.80 Å². The predicted octanol–water partition coefficient (Wildman–Crippen LogP) is 7.02. The predicted molar refractivity (Wildman–Crippen MR) is 142 cm³/mol. The van der Waals surface area contributed by atoms with Crippen LogP contribution in [0.4, 0.5) is 11.5 Å². The Morgan fingerprint density at radius 2 is 1.58 bits per heavy atom. The van der Waals surface area contributed by atoms with Crippen LogP contribution in [-0.4, -0.2) is 36.1 Å². The fourth-order valence-electron chi connectivity index (χ4n) is 4.64. The molecular weight excluding hydrogens is 448 g/mol. The SMILES string of the molecule is CCc1sc2nc(Cl)nc(N3CCN(c4ccccc4)CC3)c2c1-c1ccc(C(C)C)cc1. The van der Waals surface area contributed by atoms with Gasteiger partial charge in [0.15, 0.2) is 0 Å². The lowest BCUT2D eigenvalue weighted by atomic mass is 9.97. The Morgan fingerprint density at radius 1 is 0.909 bits per heavy atom. The van der Waals surface area contributed by atoms with E-state index >= 15 is 0 Å². The molecule has 170 valence electrons. The zero-order valence-electron chi connectivity index (χ0n) is 19.4. The lowest BCUT2D eigenvalue weighted by Crippen LogP contribution is -2.47. The minimum Gasteiger partial charge on any atom is -0.368 e. The second kappa shape index (κ2) is 9.32. The van der Waals surface area contributed by atoms with Gasteiger partial charge in [0.2, 0.25) is 5.28 Å². The number of nitrogens with zero attached hydrogens (tertiary/aromatic N) is 4. The molecule has 5 rings (SSSR count). The number of fused-ring (bicyclic) bond motifs is 1. The van der Waals surface area contributed by atoms with Crippen molar-refractivity contribution in [3.8, 4) is 11.1 Å². The smallest absolute Gasteiger partial charge is 0.225 e. The molecule has 0 N–H and O–H groups in total. The quantitative estimate of drug-likeness (QED) is 0.289. The summed E-state index contributed by atoms with van der Waals surface area (Å²) < 4.78 is 0. The van der Waals surface area contributed by atoms with Gasteiger partial charge in [0.25, 0.3) is 0 Å². The summed E-state index contributed by atoms with van der Waals surface area (Å²) in [4.78, 5) is 16.5. The molecule has 1 saturated heterocycles. The first-order chi connectivity index (χ1) is 16.0. The average Bonchev–Trinajstić information content (AvgIpc) is 3.22. The van der Waals surface area contributed by atoms with E-state index < -0.39 is 0 Å². The molecule has 0 bridgehead atoms. The van der Waals surface area contributed by atoms with Gasteiger partial charge in [0, 0.05) is 42.3 Å². The largest absolute Gasteiger partial charge is 0.368 e. The fourth-order valence-corrected chi connectivity index (χ4v) is 5.98. The van der Waals surface area contributed by atoms with Crippen molar-refractivity contribution in [3.05, 3.63) is 70.3 Å². The molecule has 33 heavy (non-hydrogen) atoms. The lowest BCUT2D eigenvalue weighted by Gasteiger charge is -2.37. The summed E-state index contributed by atoms with van der Waals surface area (Å²) in [5.41, 5.74) is 5.13. The van der Waals surface area contributed by atoms with Crippen molar-refractivity contribution in [2.24, 2.45) is 0 Å². The molecule has 1 aliphatic heterocycles. The van der Waals surface area contributed by atoms with E-state index in [1.54, 1.807) is 11.3 Å². The van der Waals surface area contributed by atoms with Crippen LogP contribution in [0.3, 0.4) is 0 Å². The van der Waals surface area contributed by atoms with Crippen LogP contribution in [0.2, 0.25) is 5.28 Å². The van der Waals surface area contributed by atoms with Crippen LogP contribution in [0, 0.1) is 0 Å². The number of thiophene rings is 1. The summed E-state index contributed by atoms with van der Waals surface area (Å²) in [6.07, 6.45) is 0.959. The van der Waals surface area contributed by atoms with Gasteiger partial charge in [0.05, 0.1) is 5.39 Å². The molecule has 1 aliphatic rings. The first-order valence-corrected chi connectivity index (χ1v) is 12.9. The van der Waals surface area contributed by atoms with Crippen LogP contribution >= 0.6 is 22.9 Å². The Balaban J connectivity index is 1.55. The molecule has 0 saturated carbocycles. The second-order valence-electron chi connectivity index (χ2n) is 8.84. The normalized spacial score (nSPS) is 14.5. The standard InChI is InChI=1S/C27H29ClN4S/c1-4-22-23(20-12-10-19(11-13-20)18(2)3)24-25(29-27(28)30-26(24)33-22)32-16-14-31(15-17-32)21-8-6-5-7-9-21/h5-13,18H,4,14-17H2,1-3H3. The van der Waals surface area contributed by atoms with Gasteiger partial charge in [-0.15, -0.1) is 11.3 Å². The average molecular weight is 477 g/mol. The van der Waals surface area contributed by atoms with Crippen molar-refractivity contribution < 1.29 is 0 Å². The van der Waals surface area contributed by atoms with Crippen molar-refractivity contribution in [1.82, 2.24) is 9.97 Å². The van der Waals surface area contributed by atoms with Gasteiger partial charge in [-0.1, -0.05) is 63.2 Å². The van der Waals surface area contributed by atoms with Crippen molar-refractivity contribution in [2.45, 2.75) is 33.1 Å². The highest BCUT2D eigenvalue weighted by atomic mass is 35.5. The molecular formula is C27H29ClN4S. The first-order valence-electron chi connectivity index (χ1n) is 11.7. The van der Waals surface area contributed by atoms with Crippen LogP contribution in [0.25, 0.3) is 21.3 Å². The van der Waals surface area contributed by atoms with E-state index in [0.717, 1.165) is 48.6 Å². The van der Waals surface area contributed by atoms with Crippen molar-refractivity contribution in [3.63, 3.8) is 0 Å². The number of aryl methyl sites for hydroxylation is 1. The van der Waals surface area contributed by atoms with Crippen molar-refractivity contribution >= 4 is 44.7 Å². The van der Waals surface area contributed by atoms with E-state index in [0.29, 0.717) is 11.2 Å². The molecule has 0 unspecified atom stereocenters. The molecule has 0 aliphatic carbocycles. The molecule has 6 heteroatoms. The summed E-state index contributed by atoms with van der Waals surface area (Å²) in [6.45, 7) is 10.4. The number of aromatic nitrogens is 2. The summed E-state index contributed by atoms with van der Waals surface area (Å²) in [5.74, 6) is 1.49. The third kappa shape index (κ3) is 4.32. The minimum atomic E-state index is 0.327.